The maximum Gasteiger partial charge on any atom is 0.262 e. The average Bonchev–Trinajstić information content (AvgIpc) is 3.44. The molecule has 5 aromatic rings. The molecule has 0 saturated heterocycles. The fourth-order valence-corrected chi connectivity index (χ4v) is 6.17. The number of thioether (sulfide) groups is 1. The third-order valence-corrected chi connectivity index (χ3v) is 8.32. The second-order valence-corrected chi connectivity index (χ2v) is 11.6. The number of benzene rings is 4. The zero-order valence-corrected chi connectivity index (χ0v) is 24.6. The van der Waals surface area contributed by atoms with E-state index in [0.717, 1.165) is 16.0 Å². The quantitative estimate of drug-likeness (QED) is 0.153. The van der Waals surface area contributed by atoms with Crippen molar-refractivity contribution in [2.75, 3.05) is 17.2 Å². The Bertz CT molecular complexity index is 1650. The molecule has 0 saturated carbocycles. The third kappa shape index (κ3) is 7.89. The number of hydrogen-bond acceptors (Lipinski definition) is 6. The summed E-state index contributed by atoms with van der Waals surface area (Å²) in [5, 5.41) is 8.55. The van der Waals surface area contributed by atoms with Crippen LogP contribution >= 0.6 is 46.3 Å². The fourth-order valence-electron chi connectivity index (χ4n) is 3.87. The predicted octanol–water partition coefficient (Wildman–Crippen LogP) is 8.61. The zero-order chi connectivity index (χ0) is 28.6. The highest BCUT2D eigenvalue weighted by atomic mass is 35.5. The number of aromatic nitrogens is 1. The van der Waals surface area contributed by atoms with Gasteiger partial charge in [-0.2, -0.15) is 0 Å². The highest BCUT2D eigenvalue weighted by Crippen LogP contribution is 2.38. The first-order valence-corrected chi connectivity index (χ1v) is 15.0. The monoisotopic (exact) mass is 619 g/mol. The molecule has 10 heteroatoms. The number of carbonyl (C=O) groups is 2. The average molecular weight is 621 g/mol. The highest BCUT2D eigenvalue weighted by molar-refractivity contribution is 8.00. The van der Waals surface area contributed by atoms with Gasteiger partial charge in [0.2, 0.25) is 5.91 Å². The topological polar surface area (TPSA) is 80.3 Å². The first kappa shape index (κ1) is 28.7. The number of nitrogens with one attached hydrogen (secondary N) is 2. The molecule has 0 aliphatic heterocycles. The summed E-state index contributed by atoms with van der Waals surface area (Å²) in [5.74, 6) is 0.107. The van der Waals surface area contributed by atoms with Crippen molar-refractivity contribution in [2.45, 2.75) is 10.1 Å². The van der Waals surface area contributed by atoms with E-state index in [1.165, 1.54) is 23.1 Å². The van der Waals surface area contributed by atoms with E-state index >= 15 is 0 Å². The summed E-state index contributed by atoms with van der Waals surface area (Å²) in [6.45, 7) is -0.118. The Hall–Kier alpha value is -3.82. The van der Waals surface area contributed by atoms with Crippen molar-refractivity contribution < 1.29 is 14.3 Å². The number of halogens is 2. The SMILES string of the molecule is O=C(COc1ccccc1)Nc1cccc(SC(C(=O)Nc2nc(-c3ccc(Cl)cc3Cl)cs2)c2ccccc2)c1. The van der Waals surface area contributed by atoms with Gasteiger partial charge in [0.25, 0.3) is 5.91 Å². The molecule has 1 aromatic heterocycles. The second kappa shape index (κ2) is 13.7. The molecule has 206 valence electrons. The molecule has 1 unspecified atom stereocenters. The van der Waals surface area contributed by atoms with E-state index in [1.54, 1.807) is 36.4 Å². The molecule has 0 radical (unpaired) electrons. The van der Waals surface area contributed by atoms with Crippen molar-refractivity contribution in [1.82, 2.24) is 4.98 Å². The van der Waals surface area contributed by atoms with Gasteiger partial charge in [-0.3, -0.25) is 9.59 Å². The largest absolute Gasteiger partial charge is 0.484 e. The van der Waals surface area contributed by atoms with Gasteiger partial charge >= 0.3 is 0 Å². The Kier molecular flexibility index (Phi) is 9.59. The normalized spacial score (nSPS) is 11.5. The summed E-state index contributed by atoms with van der Waals surface area (Å²) in [5.41, 5.74) is 2.82. The van der Waals surface area contributed by atoms with Crippen LogP contribution in [-0.4, -0.2) is 23.4 Å². The van der Waals surface area contributed by atoms with Crippen LogP contribution in [0.15, 0.2) is 113 Å². The number of ether oxygens (including phenoxy) is 1. The molecule has 0 spiro atoms. The van der Waals surface area contributed by atoms with Gasteiger partial charge in [0.1, 0.15) is 11.0 Å². The van der Waals surface area contributed by atoms with Gasteiger partial charge in [0, 0.05) is 26.5 Å². The molecular weight excluding hydrogens is 597 g/mol. The summed E-state index contributed by atoms with van der Waals surface area (Å²) in [7, 11) is 0. The van der Waals surface area contributed by atoms with E-state index in [1.807, 2.05) is 72.1 Å². The van der Waals surface area contributed by atoms with Crippen LogP contribution in [0.2, 0.25) is 10.0 Å². The maximum atomic E-state index is 13.6. The Labute approximate surface area is 255 Å². The molecule has 2 N–H and O–H groups in total. The molecule has 0 fully saturated rings. The first-order valence-electron chi connectivity index (χ1n) is 12.5. The van der Waals surface area contributed by atoms with E-state index in [-0.39, 0.29) is 18.4 Å². The van der Waals surface area contributed by atoms with E-state index in [4.69, 9.17) is 27.9 Å². The van der Waals surface area contributed by atoms with Crippen molar-refractivity contribution in [2.24, 2.45) is 0 Å². The standard InChI is InChI=1S/C31H23Cl2N3O3S2/c32-21-14-15-25(26(33)16-21)27-19-40-31(35-27)36-30(38)29(20-8-3-1-4-9-20)41-24-13-7-10-22(17-24)34-28(37)18-39-23-11-5-2-6-12-23/h1-17,19,29H,18H2,(H,34,37)(H,35,36,38). The predicted molar refractivity (Wildman–Crippen MR) is 168 cm³/mol. The summed E-state index contributed by atoms with van der Waals surface area (Å²) < 4.78 is 5.53. The molecule has 0 aliphatic carbocycles. The van der Waals surface area contributed by atoms with E-state index < -0.39 is 5.25 Å². The van der Waals surface area contributed by atoms with Crippen LogP contribution in [0.3, 0.4) is 0 Å². The molecule has 4 aromatic carbocycles. The molecule has 41 heavy (non-hydrogen) atoms. The van der Waals surface area contributed by atoms with Crippen LogP contribution in [-0.2, 0) is 9.59 Å². The van der Waals surface area contributed by atoms with Crippen LogP contribution in [0.25, 0.3) is 11.3 Å². The van der Waals surface area contributed by atoms with E-state index in [9.17, 15) is 9.59 Å². The Morgan fingerprint density at radius 1 is 0.878 bits per heavy atom. The van der Waals surface area contributed by atoms with Crippen molar-refractivity contribution in [3.8, 4) is 17.0 Å². The summed E-state index contributed by atoms with van der Waals surface area (Å²) in [4.78, 5) is 31.4. The third-order valence-electron chi connectivity index (χ3n) is 5.77. The lowest BCUT2D eigenvalue weighted by Gasteiger charge is -2.17. The van der Waals surface area contributed by atoms with Crippen LogP contribution < -0.4 is 15.4 Å². The Morgan fingerprint density at radius 3 is 2.39 bits per heavy atom. The summed E-state index contributed by atoms with van der Waals surface area (Å²) >= 11 is 15.1. The molecule has 5 rings (SSSR count). The lowest BCUT2D eigenvalue weighted by Crippen LogP contribution is -2.20. The van der Waals surface area contributed by atoms with Gasteiger partial charge in [0.05, 0.1) is 10.7 Å². The number of para-hydroxylation sites is 1. The van der Waals surface area contributed by atoms with E-state index in [0.29, 0.717) is 32.3 Å². The number of hydrogen-bond donors (Lipinski definition) is 2. The fraction of sp³-hybridized carbons (Fsp3) is 0.0645. The minimum atomic E-state index is -0.574. The highest BCUT2D eigenvalue weighted by Gasteiger charge is 2.24. The molecular formula is C31H23Cl2N3O3S2. The number of thiazole rings is 1. The second-order valence-electron chi connectivity index (χ2n) is 8.74. The van der Waals surface area contributed by atoms with E-state index in [2.05, 4.69) is 15.6 Å². The van der Waals surface area contributed by atoms with Gasteiger partial charge in [-0.1, -0.05) is 77.8 Å². The van der Waals surface area contributed by atoms with Crippen LogP contribution in [0.1, 0.15) is 10.8 Å². The summed E-state index contributed by atoms with van der Waals surface area (Å²) in [6.07, 6.45) is 0. The summed E-state index contributed by atoms with van der Waals surface area (Å²) in [6, 6.07) is 31.2. The van der Waals surface area contributed by atoms with Crippen molar-refractivity contribution in [3.05, 3.63) is 124 Å². The van der Waals surface area contributed by atoms with Crippen molar-refractivity contribution in [3.63, 3.8) is 0 Å². The number of rotatable bonds is 10. The molecule has 6 nitrogen and oxygen atoms in total. The number of nitrogens with zero attached hydrogens (tertiary/aromatic N) is 1. The molecule has 1 atom stereocenters. The van der Waals surface area contributed by atoms with Crippen molar-refractivity contribution >= 4 is 68.9 Å². The minimum Gasteiger partial charge on any atom is -0.484 e. The molecule has 0 bridgehead atoms. The number of anilines is 2. The molecule has 0 aliphatic rings. The van der Waals surface area contributed by atoms with Crippen LogP contribution in [0, 0.1) is 0 Å². The zero-order valence-electron chi connectivity index (χ0n) is 21.4. The van der Waals surface area contributed by atoms with Gasteiger partial charge in [0.15, 0.2) is 11.7 Å². The molecule has 2 amide bonds. The first-order chi connectivity index (χ1) is 19.9. The van der Waals surface area contributed by atoms with Crippen molar-refractivity contribution in [1.29, 1.82) is 0 Å². The molecule has 1 heterocycles. The van der Waals surface area contributed by atoms with Gasteiger partial charge in [-0.15, -0.1) is 23.1 Å². The maximum absolute atomic E-state index is 13.6. The smallest absolute Gasteiger partial charge is 0.262 e. The van der Waals surface area contributed by atoms with Crippen LogP contribution in [0.5, 0.6) is 5.75 Å². The number of amides is 2. The lowest BCUT2D eigenvalue weighted by atomic mass is 10.1. The van der Waals surface area contributed by atoms with Crippen LogP contribution in [0.4, 0.5) is 10.8 Å². The lowest BCUT2D eigenvalue weighted by molar-refractivity contribution is -0.118. The minimum absolute atomic E-state index is 0.118. The number of carbonyl (C=O) groups excluding carboxylic acids is 2. The Morgan fingerprint density at radius 2 is 1.63 bits per heavy atom. The van der Waals surface area contributed by atoms with Gasteiger partial charge in [-0.05, 0) is 54.1 Å². The van der Waals surface area contributed by atoms with Gasteiger partial charge in [-0.25, -0.2) is 4.98 Å². The van der Waals surface area contributed by atoms with Gasteiger partial charge < -0.3 is 15.4 Å². The Balaban J connectivity index is 1.28.